The van der Waals surface area contributed by atoms with Gasteiger partial charge in [0.25, 0.3) is 0 Å². The van der Waals surface area contributed by atoms with Crippen molar-refractivity contribution in [2.75, 3.05) is 24.2 Å². The number of nitrogens with one attached hydrogen (secondary N) is 2. The fourth-order valence-corrected chi connectivity index (χ4v) is 2.49. The molecule has 7 heteroatoms. The van der Waals surface area contributed by atoms with Gasteiger partial charge in [0.1, 0.15) is 0 Å². The molecule has 2 N–H and O–H groups in total. The summed E-state index contributed by atoms with van der Waals surface area (Å²) in [5.41, 5.74) is 1.70. The molecule has 0 aromatic heterocycles. The molecule has 2 amide bonds. The van der Waals surface area contributed by atoms with Gasteiger partial charge in [0.05, 0.1) is 12.6 Å². The Morgan fingerprint density at radius 2 is 1.70 bits per heavy atom. The van der Waals surface area contributed by atoms with Crippen LogP contribution in [0.25, 0.3) is 0 Å². The van der Waals surface area contributed by atoms with Gasteiger partial charge in [-0.3, -0.25) is 19.3 Å². The van der Waals surface area contributed by atoms with E-state index in [0.717, 1.165) is 0 Å². The van der Waals surface area contributed by atoms with Crippen LogP contribution in [0.15, 0.2) is 48.5 Å². The largest absolute Gasteiger partial charge is 0.325 e. The minimum Gasteiger partial charge on any atom is -0.325 e. The molecule has 2 aromatic rings. The standard InChI is InChI=1S/C20H22ClN3O3/c1-13(20(27)23-18-6-4-5-15(11-18)14(2)25)24(3)12-19(26)22-17-9-7-16(21)8-10-17/h4-11,13H,12H2,1-3H3,(H,22,26)(H,23,27)/t13-/m1/s1. The lowest BCUT2D eigenvalue weighted by Gasteiger charge is -2.23. The third kappa shape index (κ3) is 6.20. The molecular weight excluding hydrogens is 366 g/mol. The number of rotatable bonds is 7. The first-order chi connectivity index (χ1) is 12.8. The van der Waals surface area contributed by atoms with Crippen LogP contribution in [-0.2, 0) is 9.59 Å². The van der Waals surface area contributed by atoms with Crippen molar-refractivity contribution in [1.29, 1.82) is 0 Å². The molecule has 6 nitrogen and oxygen atoms in total. The Bertz CT molecular complexity index is 837. The highest BCUT2D eigenvalue weighted by atomic mass is 35.5. The summed E-state index contributed by atoms with van der Waals surface area (Å²) in [6.07, 6.45) is 0. The number of carbonyl (C=O) groups is 3. The van der Waals surface area contributed by atoms with Gasteiger partial charge < -0.3 is 10.6 Å². The summed E-state index contributed by atoms with van der Waals surface area (Å²) in [7, 11) is 1.69. The van der Waals surface area contributed by atoms with Crippen LogP contribution >= 0.6 is 11.6 Å². The first kappa shape index (κ1) is 20.6. The summed E-state index contributed by atoms with van der Waals surface area (Å²) in [4.78, 5) is 37.7. The number of anilines is 2. The van der Waals surface area contributed by atoms with Gasteiger partial charge in [-0.1, -0.05) is 23.7 Å². The van der Waals surface area contributed by atoms with Crippen molar-refractivity contribution >= 4 is 40.6 Å². The highest BCUT2D eigenvalue weighted by Gasteiger charge is 2.20. The van der Waals surface area contributed by atoms with E-state index in [4.69, 9.17) is 11.6 Å². The molecular formula is C20H22ClN3O3. The van der Waals surface area contributed by atoms with Gasteiger partial charge in [0.15, 0.2) is 5.78 Å². The lowest BCUT2D eigenvalue weighted by molar-refractivity contribution is -0.122. The van der Waals surface area contributed by atoms with Gasteiger partial charge in [-0.25, -0.2) is 0 Å². The minimum absolute atomic E-state index is 0.0463. The van der Waals surface area contributed by atoms with Crippen LogP contribution in [-0.4, -0.2) is 42.1 Å². The highest BCUT2D eigenvalue weighted by Crippen LogP contribution is 2.14. The third-order valence-electron chi connectivity index (χ3n) is 4.10. The molecule has 0 aliphatic carbocycles. The Labute approximate surface area is 163 Å². The lowest BCUT2D eigenvalue weighted by atomic mass is 10.1. The van der Waals surface area contributed by atoms with Gasteiger partial charge in [0.2, 0.25) is 11.8 Å². The molecule has 1 atom stereocenters. The number of amides is 2. The SMILES string of the molecule is CC(=O)c1cccc(NC(=O)[C@@H](C)N(C)CC(=O)Nc2ccc(Cl)cc2)c1. The summed E-state index contributed by atoms with van der Waals surface area (Å²) >= 11 is 5.82. The summed E-state index contributed by atoms with van der Waals surface area (Å²) < 4.78 is 0. The van der Waals surface area contributed by atoms with E-state index in [-0.39, 0.29) is 24.1 Å². The van der Waals surface area contributed by atoms with E-state index in [1.165, 1.54) is 6.92 Å². The summed E-state index contributed by atoms with van der Waals surface area (Å²) in [5.74, 6) is -0.578. The molecule has 142 valence electrons. The number of hydrogen-bond donors (Lipinski definition) is 2. The smallest absolute Gasteiger partial charge is 0.241 e. The maximum Gasteiger partial charge on any atom is 0.241 e. The van der Waals surface area contributed by atoms with Crippen molar-refractivity contribution in [2.24, 2.45) is 0 Å². The minimum atomic E-state index is -0.540. The van der Waals surface area contributed by atoms with Gasteiger partial charge >= 0.3 is 0 Å². The molecule has 0 heterocycles. The van der Waals surface area contributed by atoms with E-state index < -0.39 is 6.04 Å². The molecule has 0 saturated heterocycles. The number of hydrogen-bond acceptors (Lipinski definition) is 4. The number of nitrogens with zero attached hydrogens (tertiary/aromatic N) is 1. The summed E-state index contributed by atoms with van der Waals surface area (Å²) in [5, 5.41) is 6.11. The fraction of sp³-hybridized carbons (Fsp3) is 0.250. The van der Waals surface area contributed by atoms with Crippen molar-refractivity contribution in [2.45, 2.75) is 19.9 Å². The van der Waals surface area contributed by atoms with Crippen LogP contribution in [0.4, 0.5) is 11.4 Å². The predicted molar refractivity (Wildman–Crippen MR) is 107 cm³/mol. The Hall–Kier alpha value is -2.70. The van der Waals surface area contributed by atoms with Gasteiger partial charge in [0, 0.05) is 22.0 Å². The quantitative estimate of drug-likeness (QED) is 0.713. The van der Waals surface area contributed by atoms with Crippen LogP contribution in [0.1, 0.15) is 24.2 Å². The van der Waals surface area contributed by atoms with Crippen molar-refractivity contribution in [3.05, 3.63) is 59.1 Å². The molecule has 0 aliphatic rings. The molecule has 27 heavy (non-hydrogen) atoms. The van der Waals surface area contributed by atoms with E-state index >= 15 is 0 Å². The number of halogens is 1. The summed E-state index contributed by atoms with van der Waals surface area (Å²) in [6, 6.07) is 13.0. The molecule has 0 radical (unpaired) electrons. The van der Waals surface area contributed by atoms with Gasteiger partial charge in [-0.2, -0.15) is 0 Å². The lowest BCUT2D eigenvalue weighted by Crippen LogP contribution is -2.43. The highest BCUT2D eigenvalue weighted by molar-refractivity contribution is 6.30. The Balaban J connectivity index is 1.91. The Morgan fingerprint density at radius 3 is 2.33 bits per heavy atom. The third-order valence-corrected chi connectivity index (χ3v) is 4.35. The molecule has 0 spiro atoms. The zero-order valence-corrected chi connectivity index (χ0v) is 16.2. The predicted octanol–water partition coefficient (Wildman–Crippen LogP) is 3.44. The molecule has 0 unspecified atom stereocenters. The average molecular weight is 388 g/mol. The fourth-order valence-electron chi connectivity index (χ4n) is 2.36. The zero-order chi connectivity index (χ0) is 20.0. The Kier molecular flexibility index (Phi) is 7.10. The maximum atomic E-state index is 12.4. The number of likely N-dealkylation sites (N-methyl/N-ethyl adjacent to an activating group) is 1. The van der Waals surface area contributed by atoms with Crippen LogP contribution in [0.5, 0.6) is 0 Å². The van der Waals surface area contributed by atoms with E-state index in [1.807, 2.05) is 0 Å². The van der Waals surface area contributed by atoms with E-state index in [0.29, 0.717) is 22.0 Å². The van der Waals surface area contributed by atoms with E-state index in [2.05, 4.69) is 10.6 Å². The topological polar surface area (TPSA) is 78.5 Å². The monoisotopic (exact) mass is 387 g/mol. The number of benzene rings is 2. The van der Waals surface area contributed by atoms with E-state index in [1.54, 1.807) is 67.4 Å². The Morgan fingerprint density at radius 1 is 1.04 bits per heavy atom. The van der Waals surface area contributed by atoms with Crippen molar-refractivity contribution in [3.63, 3.8) is 0 Å². The number of Topliss-reactive ketones (excluding diaryl/α,β-unsaturated/α-hetero) is 1. The van der Waals surface area contributed by atoms with Crippen molar-refractivity contribution in [3.8, 4) is 0 Å². The van der Waals surface area contributed by atoms with Crippen LogP contribution in [0.3, 0.4) is 0 Å². The molecule has 0 bridgehead atoms. The molecule has 0 aliphatic heterocycles. The van der Waals surface area contributed by atoms with E-state index in [9.17, 15) is 14.4 Å². The number of carbonyl (C=O) groups excluding carboxylic acids is 3. The number of ketones is 1. The van der Waals surface area contributed by atoms with Crippen molar-refractivity contribution in [1.82, 2.24) is 4.90 Å². The maximum absolute atomic E-state index is 12.4. The molecule has 2 aromatic carbocycles. The molecule has 0 fully saturated rings. The van der Waals surface area contributed by atoms with Crippen LogP contribution in [0.2, 0.25) is 5.02 Å². The molecule has 0 saturated carbocycles. The van der Waals surface area contributed by atoms with Crippen LogP contribution < -0.4 is 10.6 Å². The first-order valence-electron chi connectivity index (χ1n) is 8.44. The first-order valence-corrected chi connectivity index (χ1v) is 8.81. The van der Waals surface area contributed by atoms with Gasteiger partial charge in [-0.05, 0) is 57.3 Å². The van der Waals surface area contributed by atoms with Crippen LogP contribution in [0, 0.1) is 0 Å². The summed E-state index contributed by atoms with van der Waals surface area (Å²) in [6.45, 7) is 3.22. The molecule has 2 rings (SSSR count). The second-order valence-electron chi connectivity index (χ2n) is 6.27. The van der Waals surface area contributed by atoms with Gasteiger partial charge in [-0.15, -0.1) is 0 Å². The zero-order valence-electron chi connectivity index (χ0n) is 15.5. The second-order valence-corrected chi connectivity index (χ2v) is 6.71. The normalized spacial score (nSPS) is 11.7. The average Bonchev–Trinajstić information content (AvgIpc) is 2.63. The van der Waals surface area contributed by atoms with Crippen molar-refractivity contribution < 1.29 is 14.4 Å². The second kappa shape index (κ2) is 9.30.